The van der Waals surface area contributed by atoms with Crippen molar-refractivity contribution in [2.75, 3.05) is 6.61 Å². The molecule has 0 bridgehead atoms. The van der Waals surface area contributed by atoms with E-state index >= 15 is 0 Å². The summed E-state index contributed by atoms with van der Waals surface area (Å²) >= 11 is 6.12. The summed E-state index contributed by atoms with van der Waals surface area (Å²) in [7, 11) is 0. The van der Waals surface area contributed by atoms with Crippen LogP contribution in [0.5, 0.6) is 5.75 Å². The first kappa shape index (κ1) is 13.9. The summed E-state index contributed by atoms with van der Waals surface area (Å²) in [6, 6.07) is 16.1. The molecule has 0 aliphatic rings. The molecule has 0 unspecified atom stereocenters. The molecule has 0 aliphatic carbocycles. The van der Waals surface area contributed by atoms with E-state index in [2.05, 4.69) is 24.3 Å². The summed E-state index contributed by atoms with van der Waals surface area (Å²) in [4.78, 5) is 0. The van der Waals surface area contributed by atoms with Gasteiger partial charge in [-0.3, -0.25) is 0 Å². The van der Waals surface area contributed by atoms with Gasteiger partial charge in [-0.15, -0.1) is 0 Å². The highest BCUT2D eigenvalue weighted by molar-refractivity contribution is 6.32. The summed E-state index contributed by atoms with van der Waals surface area (Å²) in [6.07, 6.45) is 1.98. The fraction of sp³-hybridized carbons (Fsp3) is 0.250. The number of hydrogen-bond acceptors (Lipinski definition) is 2. The molecular weight excluding hydrogens is 258 g/mol. The van der Waals surface area contributed by atoms with E-state index < -0.39 is 0 Å². The summed E-state index contributed by atoms with van der Waals surface area (Å²) in [5.74, 6) is 0.729. The van der Waals surface area contributed by atoms with Crippen molar-refractivity contribution in [3.8, 4) is 5.75 Å². The average molecular weight is 276 g/mol. The molecule has 2 aromatic carbocycles. The molecule has 0 atom stereocenters. The lowest BCUT2D eigenvalue weighted by Gasteiger charge is -2.09. The third-order valence-electron chi connectivity index (χ3n) is 2.94. The van der Waals surface area contributed by atoms with Crippen LogP contribution in [0.15, 0.2) is 48.5 Å². The number of benzene rings is 2. The summed E-state index contributed by atoms with van der Waals surface area (Å²) in [5, 5.41) is 0.627. The van der Waals surface area contributed by atoms with Crippen molar-refractivity contribution >= 4 is 11.6 Å². The molecule has 0 amide bonds. The lowest BCUT2D eigenvalue weighted by Crippen LogP contribution is -2.01. The van der Waals surface area contributed by atoms with Crippen LogP contribution in [0.2, 0.25) is 5.02 Å². The Labute approximate surface area is 119 Å². The number of hydrogen-bond donors (Lipinski definition) is 1. The Kier molecular flexibility index (Phi) is 5.25. The van der Waals surface area contributed by atoms with Gasteiger partial charge in [-0.1, -0.05) is 48.0 Å². The van der Waals surface area contributed by atoms with Crippen LogP contribution < -0.4 is 10.5 Å². The zero-order valence-electron chi connectivity index (χ0n) is 10.8. The largest absolute Gasteiger partial charge is 0.492 e. The molecule has 0 aliphatic heterocycles. The van der Waals surface area contributed by atoms with Crippen LogP contribution >= 0.6 is 11.6 Å². The number of halogens is 1. The van der Waals surface area contributed by atoms with Crippen molar-refractivity contribution < 1.29 is 4.74 Å². The van der Waals surface area contributed by atoms with E-state index in [1.807, 2.05) is 24.3 Å². The van der Waals surface area contributed by atoms with Gasteiger partial charge < -0.3 is 10.5 Å². The molecule has 2 rings (SSSR count). The molecule has 100 valence electrons. The van der Waals surface area contributed by atoms with E-state index in [-0.39, 0.29) is 0 Å². The van der Waals surface area contributed by atoms with Gasteiger partial charge in [0, 0.05) is 6.54 Å². The van der Waals surface area contributed by atoms with Gasteiger partial charge in [0.15, 0.2) is 0 Å². The Balaban J connectivity index is 1.80. The Morgan fingerprint density at radius 3 is 2.47 bits per heavy atom. The van der Waals surface area contributed by atoms with Crippen LogP contribution in [0, 0.1) is 0 Å². The van der Waals surface area contributed by atoms with Crippen molar-refractivity contribution in [3.05, 3.63) is 64.7 Å². The maximum Gasteiger partial charge on any atom is 0.137 e. The van der Waals surface area contributed by atoms with Crippen LogP contribution in [-0.2, 0) is 13.0 Å². The fourth-order valence-electron chi connectivity index (χ4n) is 1.89. The van der Waals surface area contributed by atoms with Crippen molar-refractivity contribution in [3.63, 3.8) is 0 Å². The van der Waals surface area contributed by atoms with Gasteiger partial charge >= 0.3 is 0 Å². The topological polar surface area (TPSA) is 35.2 Å². The molecule has 19 heavy (non-hydrogen) atoms. The molecule has 0 radical (unpaired) electrons. The van der Waals surface area contributed by atoms with Crippen LogP contribution in [0.1, 0.15) is 17.5 Å². The summed E-state index contributed by atoms with van der Waals surface area (Å²) in [5.41, 5.74) is 7.90. The van der Waals surface area contributed by atoms with Gasteiger partial charge in [-0.05, 0) is 36.1 Å². The Hall–Kier alpha value is -1.51. The van der Waals surface area contributed by atoms with Gasteiger partial charge in [-0.2, -0.15) is 0 Å². The lowest BCUT2D eigenvalue weighted by molar-refractivity contribution is 0.311. The quantitative estimate of drug-likeness (QED) is 0.814. The van der Waals surface area contributed by atoms with Gasteiger partial charge in [0.05, 0.1) is 11.6 Å². The monoisotopic (exact) mass is 275 g/mol. The zero-order valence-corrected chi connectivity index (χ0v) is 11.6. The molecule has 0 heterocycles. The minimum absolute atomic E-state index is 0.494. The number of aryl methyl sites for hydroxylation is 1. The molecule has 2 nitrogen and oxygen atoms in total. The molecule has 0 saturated carbocycles. The zero-order chi connectivity index (χ0) is 13.5. The second kappa shape index (κ2) is 7.17. The normalized spacial score (nSPS) is 10.4. The molecular formula is C16H18ClNO. The highest BCUT2D eigenvalue weighted by Crippen LogP contribution is 2.25. The summed E-state index contributed by atoms with van der Waals surface area (Å²) in [6.45, 7) is 1.16. The molecule has 0 spiro atoms. The second-order valence-corrected chi connectivity index (χ2v) is 4.81. The van der Waals surface area contributed by atoms with E-state index in [0.717, 1.165) is 24.2 Å². The third kappa shape index (κ3) is 4.27. The molecule has 0 aromatic heterocycles. The predicted molar refractivity (Wildman–Crippen MR) is 79.6 cm³/mol. The van der Waals surface area contributed by atoms with Crippen LogP contribution in [0.4, 0.5) is 0 Å². The van der Waals surface area contributed by atoms with Crippen LogP contribution in [0.25, 0.3) is 0 Å². The molecule has 0 saturated heterocycles. The van der Waals surface area contributed by atoms with Crippen molar-refractivity contribution in [2.45, 2.75) is 19.4 Å². The SMILES string of the molecule is NCc1ccc(OCCCc2ccccc2)c(Cl)c1. The highest BCUT2D eigenvalue weighted by atomic mass is 35.5. The minimum atomic E-state index is 0.494. The molecule has 3 heteroatoms. The van der Waals surface area contributed by atoms with Gasteiger partial charge in [0.1, 0.15) is 5.75 Å². The first-order chi connectivity index (χ1) is 9.29. The Bertz CT molecular complexity index is 513. The predicted octanol–water partition coefficient (Wildman–Crippen LogP) is 3.81. The van der Waals surface area contributed by atoms with Crippen molar-refractivity contribution in [1.82, 2.24) is 0 Å². The standard InChI is InChI=1S/C16H18ClNO/c17-15-11-14(12-18)8-9-16(15)19-10-4-7-13-5-2-1-3-6-13/h1-3,5-6,8-9,11H,4,7,10,12,18H2. The molecule has 0 fully saturated rings. The van der Waals surface area contributed by atoms with Gasteiger partial charge in [-0.25, -0.2) is 0 Å². The minimum Gasteiger partial charge on any atom is -0.492 e. The number of nitrogens with two attached hydrogens (primary N) is 1. The van der Waals surface area contributed by atoms with Gasteiger partial charge in [0.25, 0.3) is 0 Å². The smallest absolute Gasteiger partial charge is 0.137 e. The lowest BCUT2D eigenvalue weighted by atomic mass is 10.1. The van der Waals surface area contributed by atoms with Crippen LogP contribution in [-0.4, -0.2) is 6.61 Å². The first-order valence-corrected chi connectivity index (χ1v) is 6.82. The fourth-order valence-corrected chi connectivity index (χ4v) is 2.15. The van der Waals surface area contributed by atoms with E-state index in [0.29, 0.717) is 18.2 Å². The van der Waals surface area contributed by atoms with Crippen molar-refractivity contribution in [1.29, 1.82) is 0 Å². The highest BCUT2D eigenvalue weighted by Gasteiger charge is 2.02. The van der Waals surface area contributed by atoms with Crippen molar-refractivity contribution in [2.24, 2.45) is 5.73 Å². The third-order valence-corrected chi connectivity index (χ3v) is 3.24. The van der Waals surface area contributed by atoms with E-state index in [9.17, 15) is 0 Å². The van der Waals surface area contributed by atoms with E-state index in [1.165, 1.54) is 5.56 Å². The Morgan fingerprint density at radius 2 is 1.79 bits per heavy atom. The molecule has 2 N–H and O–H groups in total. The summed E-state index contributed by atoms with van der Waals surface area (Å²) < 4.78 is 5.69. The molecule has 2 aromatic rings. The maximum atomic E-state index is 6.12. The van der Waals surface area contributed by atoms with E-state index in [4.69, 9.17) is 22.1 Å². The Morgan fingerprint density at radius 1 is 1.00 bits per heavy atom. The maximum absolute atomic E-state index is 6.12. The second-order valence-electron chi connectivity index (χ2n) is 4.41. The van der Waals surface area contributed by atoms with Gasteiger partial charge in [0.2, 0.25) is 0 Å². The number of ether oxygens (including phenoxy) is 1. The average Bonchev–Trinajstić information content (AvgIpc) is 2.46. The number of rotatable bonds is 6. The van der Waals surface area contributed by atoms with E-state index in [1.54, 1.807) is 0 Å². The first-order valence-electron chi connectivity index (χ1n) is 6.45. The van der Waals surface area contributed by atoms with Crippen LogP contribution in [0.3, 0.4) is 0 Å².